The van der Waals surface area contributed by atoms with Gasteiger partial charge in [-0.05, 0) is 27.2 Å². The third kappa shape index (κ3) is 7.94. The molecular formula is C17H30N2O7. The Morgan fingerprint density at radius 3 is 1.73 bits per heavy atom. The molecular weight excluding hydrogens is 344 g/mol. The molecule has 26 heavy (non-hydrogen) atoms. The lowest BCUT2D eigenvalue weighted by atomic mass is 10.1. The predicted octanol–water partition coefficient (Wildman–Crippen LogP) is 0.337. The maximum absolute atomic E-state index is 11.3. The molecule has 4 unspecified atom stereocenters. The van der Waals surface area contributed by atoms with Crippen LogP contribution in [0.15, 0.2) is 12.2 Å². The second-order valence-electron chi connectivity index (χ2n) is 6.18. The van der Waals surface area contributed by atoms with E-state index in [0.717, 1.165) is 6.42 Å². The quantitative estimate of drug-likeness (QED) is 0.336. The average molecular weight is 374 g/mol. The lowest BCUT2D eigenvalue weighted by Crippen LogP contribution is -2.53. The average Bonchev–Trinajstić information content (AvgIpc) is 2.57. The Kier molecular flexibility index (Phi) is 10.7. The van der Waals surface area contributed by atoms with Crippen molar-refractivity contribution in [2.24, 2.45) is 0 Å². The first-order valence-electron chi connectivity index (χ1n) is 8.55. The minimum atomic E-state index is -1.16. The molecule has 0 fully saturated rings. The van der Waals surface area contributed by atoms with Gasteiger partial charge in [-0.1, -0.05) is 19.1 Å². The summed E-state index contributed by atoms with van der Waals surface area (Å²) >= 11 is 0. The Morgan fingerprint density at radius 1 is 0.885 bits per heavy atom. The van der Waals surface area contributed by atoms with Crippen LogP contribution in [-0.2, 0) is 14.4 Å². The Bertz CT molecular complexity index is 489. The third-order valence-electron chi connectivity index (χ3n) is 4.28. The van der Waals surface area contributed by atoms with Gasteiger partial charge in [0.2, 0.25) is 0 Å². The highest BCUT2D eigenvalue weighted by Gasteiger charge is 2.31. The van der Waals surface area contributed by atoms with E-state index in [-0.39, 0.29) is 19.6 Å². The summed E-state index contributed by atoms with van der Waals surface area (Å²) in [4.78, 5) is 36.6. The first-order chi connectivity index (χ1) is 12.0. The van der Waals surface area contributed by atoms with Crippen LogP contribution < -0.4 is 0 Å². The number of carboxylic acids is 3. The minimum absolute atomic E-state index is 0.0305. The topological polar surface area (TPSA) is 139 Å². The van der Waals surface area contributed by atoms with Crippen molar-refractivity contribution in [1.82, 2.24) is 9.80 Å². The summed E-state index contributed by atoms with van der Waals surface area (Å²) in [5.41, 5.74) is 0. The van der Waals surface area contributed by atoms with Gasteiger partial charge in [-0.3, -0.25) is 24.2 Å². The standard InChI is InChI=1S/C17H30N2O7/c1-5-6-7-14(20)10-18(11(2)15(21)22)8-9-19(12(3)16(23)24)13(4)17(25)26/h6-7,11-14,20H,5,8-10H2,1-4H3,(H,21,22)(H,23,24)(H,25,26)/b7-6+. The zero-order valence-electron chi connectivity index (χ0n) is 15.7. The zero-order chi connectivity index (χ0) is 20.4. The molecule has 9 heteroatoms. The maximum Gasteiger partial charge on any atom is 0.320 e. The molecule has 0 saturated carbocycles. The van der Waals surface area contributed by atoms with Crippen molar-refractivity contribution < 1.29 is 34.8 Å². The Labute approximate surface area is 153 Å². The van der Waals surface area contributed by atoms with Crippen molar-refractivity contribution in [3.05, 3.63) is 12.2 Å². The number of carbonyl (C=O) groups is 3. The summed E-state index contributed by atoms with van der Waals surface area (Å²) in [5.74, 6) is -3.41. The van der Waals surface area contributed by atoms with E-state index in [4.69, 9.17) is 0 Å². The van der Waals surface area contributed by atoms with Crippen molar-refractivity contribution in [3.63, 3.8) is 0 Å². The van der Waals surface area contributed by atoms with Crippen molar-refractivity contribution in [2.75, 3.05) is 19.6 Å². The Balaban J connectivity index is 5.25. The van der Waals surface area contributed by atoms with Crippen LogP contribution >= 0.6 is 0 Å². The van der Waals surface area contributed by atoms with Gasteiger partial charge in [-0.2, -0.15) is 0 Å². The summed E-state index contributed by atoms with van der Waals surface area (Å²) in [6.07, 6.45) is 3.18. The van der Waals surface area contributed by atoms with E-state index in [1.54, 1.807) is 12.2 Å². The molecule has 0 radical (unpaired) electrons. The summed E-state index contributed by atoms with van der Waals surface area (Å²) in [7, 11) is 0. The number of aliphatic hydroxyl groups is 1. The van der Waals surface area contributed by atoms with Gasteiger partial charge in [0.05, 0.1) is 6.10 Å². The zero-order valence-corrected chi connectivity index (χ0v) is 15.7. The fourth-order valence-corrected chi connectivity index (χ4v) is 2.44. The van der Waals surface area contributed by atoms with Crippen molar-refractivity contribution in [1.29, 1.82) is 0 Å². The van der Waals surface area contributed by atoms with Gasteiger partial charge in [-0.25, -0.2) is 0 Å². The van der Waals surface area contributed by atoms with E-state index in [9.17, 15) is 34.8 Å². The lowest BCUT2D eigenvalue weighted by molar-refractivity contribution is -0.150. The molecule has 0 heterocycles. The molecule has 0 spiro atoms. The van der Waals surface area contributed by atoms with Gasteiger partial charge < -0.3 is 20.4 Å². The van der Waals surface area contributed by atoms with E-state index in [2.05, 4.69) is 0 Å². The van der Waals surface area contributed by atoms with Gasteiger partial charge in [-0.15, -0.1) is 0 Å². The molecule has 0 rings (SSSR count). The number of aliphatic carboxylic acids is 3. The van der Waals surface area contributed by atoms with Crippen LogP contribution in [0.5, 0.6) is 0 Å². The number of hydrogen-bond donors (Lipinski definition) is 4. The third-order valence-corrected chi connectivity index (χ3v) is 4.28. The fourth-order valence-electron chi connectivity index (χ4n) is 2.44. The van der Waals surface area contributed by atoms with Gasteiger partial charge in [0.1, 0.15) is 18.1 Å². The van der Waals surface area contributed by atoms with Gasteiger partial charge in [0.15, 0.2) is 0 Å². The summed E-state index contributed by atoms with van der Waals surface area (Å²) in [6, 6.07) is -3.01. The monoisotopic (exact) mass is 374 g/mol. The van der Waals surface area contributed by atoms with E-state index >= 15 is 0 Å². The van der Waals surface area contributed by atoms with E-state index in [0.29, 0.717) is 0 Å². The van der Waals surface area contributed by atoms with Crippen LogP contribution in [0.2, 0.25) is 0 Å². The molecule has 9 nitrogen and oxygen atoms in total. The molecule has 0 amide bonds. The second-order valence-corrected chi connectivity index (χ2v) is 6.18. The number of rotatable bonds is 13. The van der Waals surface area contributed by atoms with Crippen LogP contribution in [0.3, 0.4) is 0 Å². The van der Waals surface area contributed by atoms with Crippen LogP contribution in [-0.4, -0.2) is 92.0 Å². The van der Waals surface area contributed by atoms with Crippen LogP contribution in [0.1, 0.15) is 34.1 Å². The van der Waals surface area contributed by atoms with Crippen LogP contribution in [0, 0.1) is 0 Å². The fraction of sp³-hybridized carbons (Fsp3) is 0.706. The molecule has 4 N–H and O–H groups in total. The molecule has 0 aromatic carbocycles. The Morgan fingerprint density at radius 2 is 1.35 bits per heavy atom. The maximum atomic E-state index is 11.3. The molecule has 0 aliphatic heterocycles. The van der Waals surface area contributed by atoms with Crippen molar-refractivity contribution in [3.8, 4) is 0 Å². The van der Waals surface area contributed by atoms with Crippen molar-refractivity contribution in [2.45, 2.75) is 58.3 Å². The summed E-state index contributed by atoms with van der Waals surface area (Å²) in [6.45, 7) is 6.30. The van der Waals surface area contributed by atoms with Crippen molar-refractivity contribution >= 4 is 17.9 Å². The van der Waals surface area contributed by atoms with E-state index in [1.807, 2.05) is 6.92 Å². The number of allylic oxidation sites excluding steroid dienone is 1. The Hall–Kier alpha value is -1.97. The molecule has 0 aliphatic rings. The number of carboxylic acid groups (broad SMARTS) is 3. The highest BCUT2D eigenvalue weighted by atomic mass is 16.4. The summed E-state index contributed by atoms with van der Waals surface area (Å²) in [5, 5.41) is 37.7. The highest BCUT2D eigenvalue weighted by Crippen LogP contribution is 2.10. The molecule has 0 bridgehead atoms. The van der Waals surface area contributed by atoms with Crippen LogP contribution in [0.4, 0.5) is 0 Å². The lowest BCUT2D eigenvalue weighted by Gasteiger charge is -2.34. The SMILES string of the molecule is CC/C=C/C(O)CN(CCN(C(C)C(=O)O)C(C)C(=O)O)C(C)C(=O)O. The molecule has 0 saturated heterocycles. The smallest absolute Gasteiger partial charge is 0.320 e. The largest absolute Gasteiger partial charge is 0.480 e. The van der Waals surface area contributed by atoms with Gasteiger partial charge in [0.25, 0.3) is 0 Å². The van der Waals surface area contributed by atoms with Gasteiger partial charge >= 0.3 is 17.9 Å². The first kappa shape index (κ1) is 24.0. The highest BCUT2D eigenvalue weighted by molar-refractivity contribution is 5.77. The molecule has 0 aliphatic carbocycles. The molecule has 0 aromatic rings. The number of aliphatic hydroxyl groups excluding tert-OH is 1. The normalized spacial score (nSPS) is 16.6. The number of hydrogen-bond acceptors (Lipinski definition) is 6. The minimum Gasteiger partial charge on any atom is -0.480 e. The van der Waals surface area contributed by atoms with E-state index < -0.39 is 42.1 Å². The molecule has 0 aromatic heterocycles. The molecule has 150 valence electrons. The second kappa shape index (κ2) is 11.6. The van der Waals surface area contributed by atoms with E-state index in [1.165, 1.54) is 30.6 Å². The van der Waals surface area contributed by atoms with Crippen LogP contribution in [0.25, 0.3) is 0 Å². The predicted molar refractivity (Wildman–Crippen MR) is 95.0 cm³/mol. The first-order valence-corrected chi connectivity index (χ1v) is 8.55. The molecule has 4 atom stereocenters. The summed E-state index contributed by atoms with van der Waals surface area (Å²) < 4.78 is 0. The number of nitrogens with zero attached hydrogens (tertiary/aromatic N) is 2. The van der Waals surface area contributed by atoms with Gasteiger partial charge in [0, 0.05) is 19.6 Å².